The molecule has 1 saturated heterocycles. The average Bonchev–Trinajstić information content (AvgIpc) is 2.69. The first kappa shape index (κ1) is 21.5. The quantitative estimate of drug-likeness (QED) is 0.762. The third-order valence-corrected chi connectivity index (χ3v) is 6.44. The number of nitrogens with one attached hydrogen (secondary N) is 1. The minimum Gasteiger partial charge on any atom is -0.338 e. The number of sulfone groups is 1. The molecule has 10 heteroatoms. The van der Waals surface area contributed by atoms with E-state index in [0.29, 0.717) is 30.2 Å². The second-order valence-electron chi connectivity index (χ2n) is 6.86. The summed E-state index contributed by atoms with van der Waals surface area (Å²) in [4.78, 5) is 31.0. The molecule has 0 spiro atoms. The van der Waals surface area contributed by atoms with Crippen LogP contribution in [0.3, 0.4) is 0 Å². The lowest BCUT2D eigenvalue weighted by atomic mass is 9.96. The van der Waals surface area contributed by atoms with Gasteiger partial charge in [-0.1, -0.05) is 23.2 Å². The number of carbonyl (C=O) groups excluding carboxylic acids is 2. The summed E-state index contributed by atoms with van der Waals surface area (Å²) in [6.07, 6.45) is 3.77. The molecule has 0 aliphatic carbocycles. The van der Waals surface area contributed by atoms with Crippen molar-refractivity contribution in [3.63, 3.8) is 0 Å². The van der Waals surface area contributed by atoms with Crippen molar-refractivity contribution >= 4 is 50.7 Å². The number of hydrogen-bond acceptors (Lipinski definition) is 5. The van der Waals surface area contributed by atoms with Gasteiger partial charge in [0.25, 0.3) is 5.91 Å². The Hall–Kier alpha value is -2.16. The van der Waals surface area contributed by atoms with Gasteiger partial charge in [-0.05, 0) is 43.2 Å². The molecule has 0 radical (unpaired) electrons. The smallest absolute Gasteiger partial charge is 0.253 e. The van der Waals surface area contributed by atoms with Gasteiger partial charge in [0.15, 0.2) is 9.84 Å². The van der Waals surface area contributed by atoms with Crippen LogP contribution in [-0.4, -0.2) is 49.5 Å². The second-order valence-corrected chi connectivity index (χ2v) is 9.69. The number of nitrogens with zero attached hydrogens (tertiary/aromatic N) is 2. The van der Waals surface area contributed by atoms with Crippen molar-refractivity contribution in [3.05, 3.63) is 52.1 Å². The summed E-state index contributed by atoms with van der Waals surface area (Å²) in [7, 11) is -3.57. The van der Waals surface area contributed by atoms with E-state index in [1.54, 1.807) is 17.0 Å². The van der Waals surface area contributed by atoms with Crippen LogP contribution in [0, 0.1) is 5.92 Å². The molecule has 2 aromatic rings. The first-order chi connectivity index (χ1) is 13.6. The van der Waals surface area contributed by atoms with E-state index in [2.05, 4.69) is 10.3 Å². The summed E-state index contributed by atoms with van der Waals surface area (Å²) in [5.74, 6) is -0.579. The van der Waals surface area contributed by atoms with E-state index >= 15 is 0 Å². The number of hydrogen-bond donors (Lipinski definition) is 1. The van der Waals surface area contributed by atoms with E-state index in [0.717, 1.165) is 6.26 Å². The van der Waals surface area contributed by atoms with E-state index < -0.39 is 15.8 Å². The molecule has 2 heterocycles. The van der Waals surface area contributed by atoms with Gasteiger partial charge in [0.1, 0.15) is 5.82 Å². The van der Waals surface area contributed by atoms with Gasteiger partial charge in [-0.3, -0.25) is 9.59 Å². The van der Waals surface area contributed by atoms with Gasteiger partial charge in [0.2, 0.25) is 5.91 Å². The number of anilines is 1. The highest BCUT2D eigenvalue weighted by Crippen LogP contribution is 2.25. The van der Waals surface area contributed by atoms with Gasteiger partial charge in [-0.25, -0.2) is 13.4 Å². The molecule has 1 aliphatic heterocycles. The van der Waals surface area contributed by atoms with Crippen LogP contribution in [0.2, 0.25) is 10.0 Å². The van der Waals surface area contributed by atoms with Crippen molar-refractivity contribution in [2.45, 2.75) is 17.7 Å². The van der Waals surface area contributed by atoms with Gasteiger partial charge in [0.05, 0.1) is 20.9 Å². The second kappa shape index (κ2) is 8.69. The largest absolute Gasteiger partial charge is 0.338 e. The third-order valence-electron chi connectivity index (χ3n) is 4.64. The zero-order valence-electron chi connectivity index (χ0n) is 15.6. The van der Waals surface area contributed by atoms with Crippen LogP contribution in [0.5, 0.6) is 0 Å². The Morgan fingerprint density at radius 2 is 1.97 bits per heavy atom. The number of benzene rings is 1. The maximum atomic E-state index is 12.9. The summed E-state index contributed by atoms with van der Waals surface area (Å²) in [6, 6.07) is 7.39. The Balaban J connectivity index is 1.72. The highest BCUT2D eigenvalue weighted by Gasteiger charge is 2.29. The number of piperidine rings is 1. The summed E-state index contributed by atoms with van der Waals surface area (Å²) in [6.45, 7) is 0.716. The molecule has 1 aromatic carbocycles. The molecule has 29 heavy (non-hydrogen) atoms. The van der Waals surface area contributed by atoms with Crippen molar-refractivity contribution in [2.75, 3.05) is 24.7 Å². The van der Waals surface area contributed by atoms with Crippen molar-refractivity contribution in [1.29, 1.82) is 0 Å². The van der Waals surface area contributed by atoms with E-state index in [-0.39, 0.29) is 33.8 Å². The summed E-state index contributed by atoms with van der Waals surface area (Å²) >= 11 is 11.7. The van der Waals surface area contributed by atoms with Crippen molar-refractivity contribution in [2.24, 2.45) is 5.92 Å². The van der Waals surface area contributed by atoms with E-state index in [9.17, 15) is 18.0 Å². The molecule has 7 nitrogen and oxygen atoms in total. The van der Waals surface area contributed by atoms with E-state index in [1.165, 1.54) is 24.4 Å². The monoisotopic (exact) mass is 455 g/mol. The number of halogens is 2. The Kier molecular flexibility index (Phi) is 6.45. The molecule has 1 aliphatic rings. The van der Waals surface area contributed by atoms with Crippen LogP contribution in [-0.2, 0) is 14.6 Å². The van der Waals surface area contributed by atoms with Crippen LogP contribution >= 0.6 is 23.2 Å². The molecular formula is C19H19Cl2N3O4S. The van der Waals surface area contributed by atoms with Crippen LogP contribution in [0.1, 0.15) is 23.2 Å². The SMILES string of the molecule is CS(=O)(=O)c1cc(C(=O)N2CCCC(C(=O)Nc3ccc(Cl)cn3)C2)ccc1Cl. The minimum absolute atomic E-state index is 0.0652. The normalized spacial score (nSPS) is 17.1. The Bertz CT molecular complexity index is 1040. The summed E-state index contributed by atoms with van der Waals surface area (Å²) in [5, 5.41) is 3.26. The maximum Gasteiger partial charge on any atom is 0.253 e. The number of pyridine rings is 1. The Morgan fingerprint density at radius 1 is 1.21 bits per heavy atom. The molecule has 154 valence electrons. The molecule has 1 unspecified atom stereocenters. The molecule has 1 N–H and O–H groups in total. The molecule has 3 rings (SSSR count). The average molecular weight is 456 g/mol. The first-order valence-corrected chi connectivity index (χ1v) is 11.5. The van der Waals surface area contributed by atoms with Crippen LogP contribution in [0.4, 0.5) is 5.82 Å². The fraction of sp³-hybridized carbons (Fsp3) is 0.316. The molecule has 0 saturated carbocycles. The number of amides is 2. The predicted molar refractivity (Wildman–Crippen MR) is 111 cm³/mol. The lowest BCUT2D eigenvalue weighted by Gasteiger charge is -2.32. The molecule has 1 atom stereocenters. The van der Waals surface area contributed by atoms with Gasteiger partial charge in [0, 0.05) is 31.1 Å². The van der Waals surface area contributed by atoms with Crippen molar-refractivity contribution in [3.8, 4) is 0 Å². The lowest BCUT2D eigenvalue weighted by Crippen LogP contribution is -2.43. The van der Waals surface area contributed by atoms with Gasteiger partial charge in [-0.2, -0.15) is 0 Å². The zero-order chi connectivity index (χ0) is 21.2. The van der Waals surface area contributed by atoms with E-state index in [4.69, 9.17) is 23.2 Å². The topological polar surface area (TPSA) is 96.4 Å². The standard InChI is InChI=1S/C19H19Cl2N3O4S/c1-29(27,28)16-9-12(4-6-15(16)21)19(26)24-8-2-3-13(11-24)18(25)23-17-7-5-14(20)10-22-17/h4-7,9-10,13H,2-3,8,11H2,1H3,(H,22,23,25). The fourth-order valence-electron chi connectivity index (χ4n) is 3.16. The first-order valence-electron chi connectivity index (χ1n) is 8.86. The van der Waals surface area contributed by atoms with Gasteiger partial charge < -0.3 is 10.2 Å². The molecule has 2 amide bonds. The molecule has 1 aromatic heterocycles. The van der Waals surface area contributed by atoms with Crippen LogP contribution in [0.25, 0.3) is 0 Å². The zero-order valence-corrected chi connectivity index (χ0v) is 17.9. The summed E-state index contributed by atoms with van der Waals surface area (Å²) < 4.78 is 23.7. The Morgan fingerprint density at radius 3 is 2.62 bits per heavy atom. The van der Waals surface area contributed by atoms with E-state index in [1.807, 2.05) is 0 Å². The number of likely N-dealkylation sites (tertiary alicyclic amines) is 1. The van der Waals surface area contributed by atoms with Crippen molar-refractivity contribution in [1.82, 2.24) is 9.88 Å². The molecular weight excluding hydrogens is 437 g/mol. The Labute approximate surface area is 178 Å². The lowest BCUT2D eigenvalue weighted by molar-refractivity contribution is -0.121. The third kappa shape index (κ3) is 5.26. The van der Waals surface area contributed by atoms with Crippen LogP contribution < -0.4 is 5.32 Å². The predicted octanol–water partition coefficient (Wildman–Crippen LogP) is 3.28. The van der Waals surface area contributed by atoms with Crippen LogP contribution in [0.15, 0.2) is 41.4 Å². The highest BCUT2D eigenvalue weighted by molar-refractivity contribution is 7.90. The fourth-order valence-corrected chi connectivity index (χ4v) is 4.57. The van der Waals surface area contributed by atoms with Gasteiger partial charge in [-0.15, -0.1) is 0 Å². The van der Waals surface area contributed by atoms with Crippen molar-refractivity contribution < 1.29 is 18.0 Å². The van der Waals surface area contributed by atoms with Gasteiger partial charge >= 0.3 is 0 Å². The molecule has 1 fully saturated rings. The number of aromatic nitrogens is 1. The maximum absolute atomic E-state index is 12.9. The highest BCUT2D eigenvalue weighted by atomic mass is 35.5. The number of carbonyl (C=O) groups is 2. The number of rotatable bonds is 4. The summed E-state index contributed by atoms with van der Waals surface area (Å²) in [5.41, 5.74) is 0.218. The molecule has 0 bridgehead atoms. The minimum atomic E-state index is -3.57.